The summed E-state index contributed by atoms with van der Waals surface area (Å²) in [6.45, 7) is 11.5. The summed E-state index contributed by atoms with van der Waals surface area (Å²) in [4.78, 5) is 2.75. The lowest BCUT2D eigenvalue weighted by atomic mass is 10.1. The summed E-state index contributed by atoms with van der Waals surface area (Å²) in [7, 11) is 0. The minimum atomic E-state index is 0.742. The van der Waals surface area contributed by atoms with Gasteiger partial charge in [0.15, 0.2) is 0 Å². The van der Waals surface area contributed by atoms with Crippen LogP contribution >= 0.6 is 0 Å². The predicted molar refractivity (Wildman–Crippen MR) is 67.2 cm³/mol. The average Bonchev–Trinajstić information content (AvgIpc) is 2.59. The number of likely N-dealkylation sites (tertiary alicyclic amines) is 1. The molecule has 1 aliphatic rings. The van der Waals surface area contributed by atoms with Crippen LogP contribution < -0.4 is 5.32 Å². The Morgan fingerprint density at radius 3 is 2.67 bits per heavy atom. The third-order valence-corrected chi connectivity index (χ3v) is 3.82. The molecule has 0 aromatic carbocycles. The highest BCUT2D eigenvalue weighted by Crippen LogP contribution is 2.28. The van der Waals surface area contributed by atoms with Crippen molar-refractivity contribution in [1.29, 1.82) is 0 Å². The van der Waals surface area contributed by atoms with Crippen molar-refractivity contribution in [3.05, 3.63) is 0 Å². The van der Waals surface area contributed by atoms with E-state index in [2.05, 4.69) is 37.9 Å². The molecular formula is C13H28N2. The van der Waals surface area contributed by atoms with E-state index in [4.69, 9.17) is 0 Å². The van der Waals surface area contributed by atoms with E-state index in [1.54, 1.807) is 0 Å². The number of hydrogen-bond acceptors (Lipinski definition) is 2. The van der Waals surface area contributed by atoms with Gasteiger partial charge in [0, 0.05) is 18.1 Å². The Bertz CT molecular complexity index is 170. The minimum absolute atomic E-state index is 0.742. The Morgan fingerprint density at radius 1 is 1.33 bits per heavy atom. The van der Waals surface area contributed by atoms with Crippen LogP contribution in [0.25, 0.3) is 0 Å². The molecule has 2 nitrogen and oxygen atoms in total. The molecule has 1 fully saturated rings. The van der Waals surface area contributed by atoms with Gasteiger partial charge in [-0.25, -0.2) is 0 Å². The lowest BCUT2D eigenvalue weighted by molar-refractivity contribution is 0.136. The van der Waals surface area contributed by atoms with E-state index in [1.165, 1.54) is 25.7 Å². The van der Waals surface area contributed by atoms with E-state index in [0.29, 0.717) is 0 Å². The van der Waals surface area contributed by atoms with E-state index in [1.807, 2.05) is 0 Å². The van der Waals surface area contributed by atoms with Crippen molar-refractivity contribution < 1.29 is 0 Å². The Kier molecular flexibility index (Phi) is 5.62. The van der Waals surface area contributed by atoms with E-state index in [-0.39, 0.29) is 0 Å². The van der Waals surface area contributed by atoms with Crippen LogP contribution in [-0.2, 0) is 0 Å². The number of nitrogens with one attached hydrogen (secondary N) is 1. The maximum atomic E-state index is 3.42. The monoisotopic (exact) mass is 212 g/mol. The average molecular weight is 212 g/mol. The molecule has 1 aliphatic heterocycles. The largest absolute Gasteiger partial charge is 0.317 e. The molecule has 0 amide bonds. The fourth-order valence-electron chi connectivity index (χ4n) is 2.94. The molecule has 1 rings (SSSR count). The molecule has 0 spiro atoms. The van der Waals surface area contributed by atoms with Gasteiger partial charge in [-0.05, 0) is 52.6 Å². The highest BCUT2D eigenvalue weighted by atomic mass is 15.2. The van der Waals surface area contributed by atoms with Gasteiger partial charge in [-0.3, -0.25) is 4.90 Å². The number of nitrogens with zero attached hydrogens (tertiary/aromatic N) is 1. The summed E-state index contributed by atoms with van der Waals surface area (Å²) in [5, 5.41) is 3.42. The minimum Gasteiger partial charge on any atom is -0.317 e. The quantitative estimate of drug-likeness (QED) is 0.681. The summed E-state index contributed by atoms with van der Waals surface area (Å²) < 4.78 is 0. The van der Waals surface area contributed by atoms with E-state index >= 15 is 0 Å². The van der Waals surface area contributed by atoms with Crippen LogP contribution in [0.2, 0.25) is 0 Å². The fraction of sp³-hybridized carbons (Fsp3) is 1.00. The SMILES string of the molecule is CCNCCC(C)N1C(C)CCC1CC. The lowest BCUT2D eigenvalue weighted by Gasteiger charge is -2.34. The second-order valence-corrected chi connectivity index (χ2v) is 4.93. The lowest BCUT2D eigenvalue weighted by Crippen LogP contribution is -2.42. The van der Waals surface area contributed by atoms with E-state index in [0.717, 1.165) is 31.2 Å². The van der Waals surface area contributed by atoms with Gasteiger partial charge >= 0.3 is 0 Å². The van der Waals surface area contributed by atoms with Crippen molar-refractivity contribution in [2.24, 2.45) is 0 Å². The van der Waals surface area contributed by atoms with Crippen molar-refractivity contribution in [1.82, 2.24) is 10.2 Å². The van der Waals surface area contributed by atoms with Gasteiger partial charge in [-0.15, -0.1) is 0 Å². The Labute approximate surface area is 95.4 Å². The maximum absolute atomic E-state index is 3.42. The Morgan fingerprint density at radius 2 is 2.07 bits per heavy atom. The Hall–Kier alpha value is -0.0800. The molecule has 3 atom stereocenters. The predicted octanol–water partition coefficient (Wildman–Crippen LogP) is 2.64. The first kappa shape index (κ1) is 13.0. The van der Waals surface area contributed by atoms with Gasteiger partial charge in [0.1, 0.15) is 0 Å². The maximum Gasteiger partial charge on any atom is 0.00988 e. The molecule has 0 aromatic rings. The zero-order valence-corrected chi connectivity index (χ0v) is 10.9. The standard InChI is InChI=1S/C13H28N2/c1-5-13-8-7-11(3)15(13)12(4)9-10-14-6-2/h11-14H,5-10H2,1-4H3. The van der Waals surface area contributed by atoms with Crippen molar-refractivity contribution in [2.45, 2.75) is 71.5 Å². The van der Waals surface area contributed by atoms with Crippen molar-refractivity contribution >= 4 is 0 Å². The molecule has 0 radical (unpaired) electrons. The number of hydrogen-bond donors (Lipinski definition) is 1. The molecule has 3 unspecified atom stereocenters. The van der Waals surface area contributed by atoms with Gasteiger partial charge < -0.3 is 5.32 Å². The van der Waals surface area contributed by atoms with Gasteiger partial charge in [-0.1, -0.05) is 13.8 Å². The molecule has 0 saturated carbocycles. The third-order valence-electron chi connectivity index (χ3n) is 3.82. The molecule has 1 N–H and O–H groups in total. The van der Waals surface area contributed by atoms with Crippen LogP contribution in [0.1, 0.15) is 53.4 Å². The normalized spacial score (nSPS) is 29.6. The first-order chi connectivity index (χ1) is 7.20. The van der Waals surface area contributed by atoms with Crippen LogP contribution in [0.15, 0.2) is 0 Å². The van der Waals surface area contributed by atoms with Crippen LogP contribution in [-0.4, -0.2) is 36.1 Å². The van der Waals surface area contributed by atoms with Gasteiger partial charge in [0.2, 0.25) is 0 Å². The Balaban J connectivity index is 2.38. The first-order valence-corrected chi connectivity index (χ1v) is 6.68. The zero-order valence-electron chi connectivity index (χ0n) is 10.9. The molecule has 0 aliphatic carbocycles. The molecule has 90 valence electrons. The summed E-state index contributed by atoms with van der Waals surface area (Å²) >= 11 is 0. The summed E-state index contributed by atoms with van der Waals surface area (Å²) in [6, 6.07) is 2.38. The molecule has 1 heterocycles. The third kappa shape index (κ3) is 3.46. The number of rotatable bonds is 6. The van der Waals surface area contributed by atoms with Crippen LogP contribution in [0.5, 0.6) is 0 Å². The molecular weight excluding hydrogens is 184 g/mol. The summed E-state index contributed by atoms with van der Waals surface area (Å²) in [5.41, 5.74) is 0. The smallest absolute Gasteiger partial charge is 0.00988 e. The van der Waals surface area contributed by atoms with Crippen LogP contribution in [0.4, 0.5) is 0 Å². The zero-order chi connectivity index (χ0) is 11.3. The topological polar surface area (TPSA) is 15.3 Å². The summed E-state index contributed by atoms with van der Waals surface area (Å²) in [5.74, 6) is 0. The molecule has 0 bridgehead atoms. The van der Waals surface area contributed by atoms with Gasteiger partial charge in [0.25, 0.3) is 0 Å². The van der Waals surface area contributed by atoms with E-state index < -0.39 is 0 Å². The van der Waals surface area contributed by atoms with Crippen LogP contribution in [0.3, 0.4) is 0 Å². The molecule has 1 saturated heterocycles. The highest BCUT2D eigenvalue weighted by Gasteiger charge is 2.32. The molecule has 2 heteroatoms. The van der Waals surface area contributed by atoms with Gasteiger partial charge in [-0.2, -0.15) is 0 Å². The molecule has 15 heavy (non-hydrogen) atoms. The van der Waals surface area contributed by atoms with E-state index in [9.17, 15) is 0 Å². The van der Waals surface area contributed by atoms with Crippen molar-refractivity contribution in [3.8, 4) is 0 Å². The van der Waals surface area contributed by atoms with Crippen LogP contribution in [0, 0.1) is 0 Å². The van der Waals surface area contributed by atoms with Gasteiger partial charge in [0.05, 0.1) is 0 Å². The fourth-order valence-corrected chi connectivity index (χ4v) is 2.94. The highest BCUT2D eigenvalue weighted by molar-refractivity contribution is 4.87. The second-order valence-electron chi connectivity index (χ2n) is 4.93. The second kappa shape index (κ2) is 6.49. The van der Waals surface area contributed by atoms with Crippen molar-refractivity contribution in [2.75, 3.05) is 13.1 Å². The van der Waals surface area contributed by atoms with Crippen molar-refractivity contribution in [3.63, 3.8) is 0 Å². The first-order valence-electron chi connectivity index (χ1n) is 6.68. The summed E-state index contributed by atoms with van der Waals surface area (Å²) in [6.07, 6.45) is 5.40. The molecule has 0 aromatic heterocycles.